The van der Waals surface area contributed by atoms with E-state index in [1.165, 1.54) is 19.4 Å². The maximum Gasteiger partial charge on any atom is 0.299 e. The van der Waals surface area contributed by atoms with Crippen molar-refractivity contribution in [3.8, 4) is 0 Å². The molecule has 3 N–H and O–H groups in total. The second kappa shape index (κ2) is 10.1. The van der Waals surface area contributed by atoms with Crippen LogP contribution in [0.25, 0.3) is 0 Å². The van der Waals surface area contributed by atoms with E-state index < -0.39 is 10.1 Å². The number of rotatable bonds is 4. The van der Waals surface area contributed by atoms with E-state index in [4.69, 9.17) is 4.55 Å². The lowest BCUT2D eigenvalue weighted by atomic mass is 10.1. The lowest BCUT2D eigenvalue weighted by Crippen LogP contribution is -2.42. The van der Waals surface area contributed by atoms with Gasteiger partial charge in [0.1, 0.15) is 5.69 Å². The molecule has 0 radical (unpaired) electrons. The van der Waals surface area contributed by atoms with Crippen LogP contribution in [0.15, 0.2) is 38.2 Å². The zero-order chi connectivity index (χ0) is 20.7. The largest absolute Gasteiger partial charge is 0.360 e. The Bertz CT molecular complexity index is 877. The van der Waals surface area contributed by atoms with Crippen LogP contribution in [0.5, 0.6) is 0 Å². The molecule has 8 nitrogen and oxygen atoms in total. The predicted molar refractivity (Wildman–Crippen MR) is 107 cm³/mol. The first-order valence-corrected chi connectivity index (χ1v) is 11.1. The quantitative estimate of drug-likeness (QED) is 0.583. The molecule has 10 heteroatoms. The van der Waals surface area contributed by atoms with Gasteiger partial charge < -0.3 is 15.2 Å². The number of benzene rings is 1. The summed E-state index contributed by atoms with van der Waals surface area (Å²) in [5.74, 6) is 0.240. The van der Waals surface area contributed by atoms with Gasteiger partial charge in [0, 0.05) is 17.6 Å². The third-order valence-electron chi connectivity index (χ3n) is 4.23. The molecule has 3 rings (SSSR count). The average molecular weight is 474 g/mol. The number of carbonyl (C=O) groups excluding carboxylic acids is 1. The molecule has 1 aromatic carbocycles. The highest BCUT2D eigenvalue weighted by molar-refractivity contribution is 9.10. The Morgan fingerprint density at radius 1 is 1.29 bits per heavy atom. The van der Waals surface area contributed by atoms with E-state index in [-0.39, 0.29) is 28.3 Å². The van der Waals surface area contributed by atoms with Gasteiger partial charge in [-0.25, -0.2) is 0 Å². The van der Waals surface area contributed by atoms with Gasteiger partial charge in [0.05, 0.1) is 6.04 Å². The van der Waals surface area contributed by atoms with Gasteiger partial charge >= 0.3 is 0 Å². The van der Waals surface area contributed by atoms with E-state index in [0.717, 1.165) is 36.8 Å². The van der Waals surface area contributed by atoms with E-state index in [2.05, 4.69) is 48.4 Å². The first kappa shape index (κ1) is 22.5. The molecule has 1 fully saturated rings. The van der Waals surface area contributed by atoms with Crippen LogP contribution in [0.2, 0.25) is 0 Å². The van der Waals surface area contributed by atoms with Crippen LogP contribution in [0.1, 0.15) is 36.3 Å². The van der Waals surface area contributed by atoms with Crippen LogP contribution in [-0.2, 0) is 21.5 Å². The Hall–Kier alpha value is -1.75. The fourth-order valence-electron chi connectivity index (χ4n) is 2.82. The first-order valence-electron chi connectivity index (χ1n) is 8.84. The normalized spacial score (nSPS) is 17.3. The molecule has 0 spiro atoms. The van der Waals surface area contributed by atoms with Gasteiger partial charge in [0.2, 0.25) is 5.91 Å². The molecule has 28 heavy (non-hydrogen) atoms. The van der Waals surface area contributed by atoms with Gasteiger partial charge in [0.15, 0.2) is 10.7 Å². The topological polar surface area (TPSA) is 122 Å². The second-order valence-electron chi connectivity index (χ2n) is 6.48. The van der Waals surface area contributed by atoms with Crippen molar-refractivity contribution in [1.29, 1.82) is 0 Å². The van der Waals surface area contributed by atoms with Gasteiger partial charge in [-0.15, -0.1) is 0 Å². The monoisotopic (exact) mass is 473 g/mol. The number of nitrogens with zero attached hydrogens (tertiary/aromatic N) is 1. The molecule has 1 aliphatic heterocycles. The van der Waals surface area contributed by atoms with Gasteiger partial charge in [0.25, 0.3) is 10.1 Å². The fraction of sp³-hybridized carbons (Fsp3) is 0.444. The Labute approximate surface area is 172 Å². The third-order valence-corrected chi connectivity index (χ3v) is 5.85. The number of hydrogen-bond donors (Lipinski definition) is 3. The number of halogens is 1. The van der Waals surface area contributed by atoms with E-state index in [9.17, 15) is 13.2 Å². The Balaban J connectivity index is 0.000000221. The standard InChI is InChI=1S/C13H17BrN2O.C5H7NO4S/c14-11-6-4-10(5-7-11)9-16-12-3-1-2-8-15-13(12)17;1-3-5(11(7,8)9)4(2)10-6-3/h4-7,12,16H,1-3,8-9H2,(H,15,17);1-2H3,(H,7,8,9)/t12-;/m1./s1. The molecule has 0 bridgehead atoms. The van der Waals surface area contributed by atoms with E-state index in [1.807, 2.05) is 12.1 Å². The predicted octanol–water partition coefficient (Wildman–Crippen LogP) is 2.75. The highest BCUT2D eigenvalue weighted by Crippen LogP contribution is 2.17. The van der Waals surface area contributed by atoms with Crippen molar-refractivity contribution < 1.29 is 22.3 Å². The van der Waals surface area contributed by atoms with Crippen molar-refractivity contribution >= 4 is 32.0 Å². The summed E-state index contributed by atoms with van der Waals surface area (Å²) in [6.45, 7) is 4.42. The highest BCUT2D eigenvalue weighted by Gasteiger charge is 2.21. The maximum atomic E-state index is 11.7. The van der Waals surface area contributed by atoms with E-state index >= 15 is 0 Å². The zero-order valence-electron chi connectivity index (χ0n) is 15.7. The van der Waals surface area contributed by atoms with Crippen LogP contribution >= 0.6 is 15.9 Å². The van der Waals surface area contributed by atoms with Crippen molar-refractivity contribution in [3.63, 3.8) is 0 Å². The molecule has 0 aliphatic carbocycles. The van der Waals surface area contributed by atoms with Gasteiger partial charge in [-0.1, -0.05) is 33.2 Å². The summed E-state index contributed by atoms with van der Waals surface area (Å²) < 4.78 is 35.4. The van der Waals surface area contributed by atoms with Crippen LogP contribution in [-0.4, -0.2) is 36.6 Å². The number of hydrogen-bond acceptors (Lipinski definition) is 6. The maximum absolute atomic E-state index is 11.7. The molecule has 0 saturated carbocycles. The molecule has 2 heterocycles. The summed E-state index contributed by atoms with van der Waals surface area (Å²) in [5, 5.41) is 9.62. The molecular weight excluding hydrogens is 450 g/mol. The molecule has 1 atom stereocenters. The molecule has 1 saturated heterocycles. The van der Waals surface area contributed by atoms with Crippen molar-refractivity contribution in [1.82, 2.24) is 15.8 Å². The number of aryl methyl sites for hydroxylation is 2. The van der Waals surface area contributed by atoms with Crippen LogP contribution in [0.4, 0.5) is 0 Å². The summed E-state index contributed by atoms with van der Waals surface area (Å²) in [4.78, 5) is 11.5. The number of carbonyl (C=O) groups is 1. The lowest BCUT2D eigenvalue weighted by Gasteiger charge is -2.15. The first-order chi connectivity index (χ1) is 13.2. The molecule has 1 aliphatic rings. The van der Waals surface area contributed by atoms with Crippen LogP contribution in [0, 0.1) is 13.8 Å². The van der Waals surface area contributed by atoms with E-state index in [0.29, 0.717) is 0 Å². The fourth-order valence-corrected chi connectivity index (χ4v) is 3.90. The average Bonchev–Trinajstić information content (AvgIpc) is 2.84. The van der Waals surface area contributed by atoms with Crippen molar-refractivity contribution in [2.24, 2.45) is 0 Å². The molecule has 1 aromatic heterocycles. The minimum absolute atomic E-state index is 0.0406. The second-order valence-corrected chi connectivity index (χ2v) is 8.75. The Morgan fingerprint density at radius 2 is 1.96 bits per heavy atom. The van der Waals surface area contributed by atoms with Crippen molar-refractivity contribution in [3.05, 3.63) is 45.8 Å². The van der Waals surface area contributed by atoms with Crippen molar-refractivity contribution in [2.75, 3.05) is 6.54 Å². The zero-order valence-corrected chi connectivity index (χ0v) is 18.1. The lowest BCUT2D eigenvalue weighted by molar-refractivity contribution is -0.122. The highest BCUT2D eigenvalue weighted by atomic mass is 79.9. The molecule has 2 aromatic rings. The number of nitrogens with one attached hydrogen (secondary N) is 2. The minimum Gasteiger partial charge on any atom is -0.360 e. The van der Waals surface area contributed by atoms with Crippen molar-refractivity contribution in [2.45, 2.75) is 50.6 Å². The summed E-state index contributed by atoms with van der Waals surface area (Å²) in [6.07, 6.45) is 3.13. The third kappa shape index (κ3) is 6.69. The Kier molecular flexibility index (Phi) is 8.17. The van der Waals surface area contributed by atoms with Gasteiger partial charge in [-0.3, -0.25) is 9.35 Å². The molecule has 0 unspecified atom stereocenters. The van der Waals surface area contributed by atoms with Gasteiger partial charge in [-0.05, 0) is 50.8 Å². The SMILES string of the molecule is Cc1noc(C)c1S(=O)(=O)O.O=C1NCCCC[C@H]1NCc1ccc(Br)cc1. The minimum atomic E-state index is -4.18. The smallest absolute Gasteiger partial charge is 0.299 e. The molecule has 1 amide bonds. The molecule has 154 valence electrons. The molecular formula is C18H24BrN3O5S. The van der Waals surface area contributed by atoms with E-state index in [1.54, 1.807) is 0 Å². The van der Waals surface area contributed by atoms with Crippen LogP contribution < -0.4 is 10.6 Å². The number of amides is 1. The Morgan fingerprint density at radius 3 is 2.50 bits per heavy atom. The summed E-state index contributed by atoms with van der Waals surface area (Å²) >= 11 is 3.41. The van der Waals surface area contributed by atoms with Gasteiger partial charge in [-0.2, -0.15) is 8.42 Å². The number of aromatic nitrogens is 1. The summed E-state index contributed by atoms with van der Waals surface area (Å²) in [6, 6.07) is 8.12. The summed E-state index contributed by atoms with van der Waals surface area (Å²) in [5.41, 5.74) is 1.37. The van der Waals surface area contributed by atoms with Crippen LogP contribution in [0.3, 0.4) is 0 Å². The summed E-state index contributed by atoms with van der Waals surface area (Å²) in [7, 11) is -4.18.